The third-order valence-electron chi connectivity index (χ3n) is 2.35. The lowest BCUT2D eigenvalue weighted by atomic mass is 10.0. The molecule has 15 heavy (non-hydrogen) atoms. The second-order valence-electron chi connectivity index (χ2n) is 3.59. The van der Waals surface area contributed by atoms with Gasteiger partial charge in [0, 0.05) is 11.1 Å². The molecular formula is C11H16ClFN2. The topological polar surface area (TPSA) is 38.0 Å². The lowest BCUT2D eigenvalue weighted by Crippen LogP contribution is -2.36. The Balaban J connectivity index is 2.73. The number of nitrogens with two attached hydrogens (primary N) is 1. The molecular weight excluding hydrogens is 215 g/mol. The van der Waals surface area contributed by atoms with Crippen molar-refractivity contribution in [2.75, 3.05) is 0 Å². The fourth-order valence-corrected chi connectivity index (χ4v) is 1.75. The third kappa shape index (κ3) is 3.78. The summed E-state index contributed by atoms with van der Waals surface area (Å²) in [6, 6.07) is 4.68. The van der Waals surface area contributed by atoms with E-state index < -0.39 is 0 Å². The van der Waals surface area contributed by atoms with Crippen LogP contribution in [0.1, 0.15) is 25.3 Å². The van der Waals surface area contributed by atoms with Crippen LogP contribution in [0.3, 0.4) is 0 Å². The lowest BCUT2D eigenvalue weighted by Gasteiger charge is -2.15. The van der Waals surface area contributed by atoms with Gasteiger partial charge in [-0.25, -0.2) is 4.39 Å². The molecule has 0 heterocycles. The van der Waals surface area contributed by atoms with Crippen molar-refractivity contribution in [3.63, 3.8) is 0 Å². The number of hydrogen-bond donors (Lipinski definition) is 2. The number of hydrogen-bond acceptors (Lipinski definition) is 2. The maximum atomic E-state index is 13.4. The fourth-order valence-electron chi connectivity index (χ4n) is 1.56. The summed E-state index contributed by atoms with van der Waals surface area (Å²) in [6.45, 7) is 2.07. The first kappa shape index (κ1) is 12.4. The van der Waals surface area contributed by atoms with Crippen LogP contribution in [0.2, 0.25) is 5.02 Å². The Bertz CT molecular complexity index is 317. The monoisotopic (exact) mass is 230 g/mol. The van der Waals surface area contributed by atoms with Crippen LogP contribution < -0.4 is 11.3 Å². The maximum Gasteiger partial charge on any atom is 0.126 e. The summed E-state index contributed by atoms with van der Waals surface area (Å²) >= 11 is 5.80. The van der Waals surface area contributed by atoms with Crippen molar-refractivity contribution in [1.82, 2.24) is 5.43 Å². The van der Waals surface area contributed by atoms with Crippen molar-refractivity contribution in [3.05, 3.63) is 34.6 Å². The Hall–Kier alpha value is -0.640. The molecule has 1 atom stereocenters. The summed E-state index contributed by atoms with van der Waals surface area (Å²) in [5.41, 5.74) is 3.30. The highest BCUT2D eigenvalue weighted by Crippen LogP contribution is 2.17. The van der Waals surface area contributed by atoms with Gasteiger partial charge in [-0.05, 0) is 36.6 Å². The first-order chi connectivity index (χ1) is 7.17. The first-order valence-corrected chi connectivity index (χ1v) is 5.45. The van der Waals surface area contributed by atoms with E-state index in [1.807, 2.05) is 0 Å². The van der Waals surface area contributed by atoms with Crippen LogP contribution in [-0.2, 0) is 6.42 Å². The number of rotatable bonds is 5. The van der Waals surface area contributed by atoms with E-state index >= 15 is 0 Å². The maximum absolute atomic E-state index is 13.4. The smallest absolute Gasteiger partial charge is 0.126 e. The average Bonchev–Trinajstić information content (AvgIpc) is 2.22. The molecule has 0 amide bonds. The molecule has 1 unspecified atom stereocenters. The largest absolute Gasteiger partial charge is 0.271 e. The summed E-state index contributed by atoms with van der Waals surface area (Å²) in [5, 5.41) is 0.554. The van der Waals surface area contributed by atoms with Crippen molar-refractivity contribution >= 4 is 11.6 Å². The second kappa shape index (κ2) is 6.05. The SMILES string of the molecule is CCCC(Cc1cc(Cl)ccc1F)NN. The zero-order chi connectivity index (χ0) is 11.3. The minimum Gasteiger partial charge on any atom is -0.271 e. The zero-order valence-corrected chi connectivity index (χ0v) is 9.52. The molecule has 0 aliphatic carbocycles. The van der Waals surface area contributed by atoms with Gasteiger partial charge < -0.3 is 0 Å². The summed E-state index contributed by atoms with van der Waals surface area (Å²) < 4.78 is 13.4. The average molecular weight is 231 g/mol. The van der Waals surface area contributed by atoms with E-state index in [0.29, 0.717) is 17.0 Å². The van der Waals surface area contributed by atoms with E-state index in [0.717, 1.165) is 12.8 Å². The van der Waals surface area contributed by atoms with Gasteiger partial charge in [0.25, 0.3) is 0 Å². The molecule has 0 aliphatic heterocycles. The van der Waals surface area contributed by atoms with Gasteiger partial charge in [0.05, 0.1) is 0 Å². The highest BCUT2D eigenvalue weighted by Gasteiger charge is 2.10. The van der Waals surface area contributed by atoms with Gasteiger partial charge in [0.1, 0.15) is 5.82 Å². The van der Waals surface area contributed by atoms with Gasteiger partial charge in [-0.1, -0.05) is 24.9 Å². The van der Waals surface area contributed by atoms with Crippen LogP contribution in [0.5, 0.6) is 0 Å². The van der Waals surface area contributed by atoms with Gasteiger partial charge in [-0.15, -0.1) is 0 Å². The van der Waals surface area contributed by atoms with Crippen LogP contribution in [0.25, 0.3) is 0 Å². The van der Waals surface area contributed by atoms with Gasteiger partial charge in [-0.3, -0.25) is 11.3 Å². The quantitative estimate of drug-likeness (QED) is 0.603. The summed E-state index contributed by atoms with van der Waals surface area (Å²) in [6.07, 6.45) is 2.50. The standard InChI is InChI=1S/C11H16ClFN2/c1-2-3-10(15-14)7-8-6-9(12)4-5-11(8)13/h4-6,10,15H,2-3,7,14H2,1H3. The molecule has 4 heteroatoms. The predicted octanol–water partition coefficient (Wildman–Crippen LogP) is 2.65. The highest BCUT2D eigenvalue weighted by atomic mass is 35.5. The first-order valence-electron chi connectivity index (χ1n) is 5.07. The molecule has 3 N–H and O–H groups in total. The molecule has 0 saturated heterocycles. The molecule has 0 radical (unpaired) electrons. The van der Waals surface area contributed by atoms with E-state index in [1.54, 1.807) is 12.1 Å². The fraction of sp³-hybridized carbons (Fsp3) is 0.455. The molecule has 84 valence electrons. The minimum absolute atomic E-state index is 0.1000. The normalized spacial score (nSPS) is 12.8. The molecule has 0 bridgehead atoms. The van der Waals surface area contributed by atoms with Crippen molar-refractivity contribution in [2.45, 2.75) is 32.2 Å². The molecule has 0 aliphatic rings. The molecule has 0 aromatic heterocycles. The van der Waals surface area contributed by atoms with Gasteiger partial charge >= 0.3 is 0 Å². The molecule has 1 aromatic carbocycles. The van der Waals surface area contributed by atoms with Gasteiger partial charge in [0.2, 0.25) is 0 Å². The van der Waals surface area contributed by atoms with Crippen molar-refractivity contribution < 1.29 is 4.39 Å². The molecule has 0 fully saturated rings. The molecule has 2 nitrogen and oxygen atoms in total. The van der Waals surface area contributed by atoms with E-state index in [1.165, 1.54) is 6.07 Å². The Morgan fingerprint density at radius 1 is 1.53 bits per heavy atom. The minimum atomic E-state index is -0.226. The summed E-state index contributed by atoms with van der Waals surface area (Å²) in [7, 11) is 0. The van der Waals surface area contributed by atoms with Gasteiger partial charge in [0.15, 0.2) is 0 Å². The van der Waals surface area contributed by atoms with Crippen LogP contribution in [0, 0.1) is 5.82 Å². The van der Waals surface area contributed by atoms with E-state index in [9.17, 15) is 4.39 Å². The van der Waals surface area contributed by atoms with Crippen LogP contribution in [0.4, 0.5) is 4.39 Å². The van der Waals surface area contributed by atoms with E-state index in [2.05, 4.69) is 12.3 Å². The van der Waals surface area contributed by atoms with E-state index in [-0.39, 0.29) is 11.9 Å². The summed E-state index contributed by atoms with van der Waals surface area (Å²) in [4.78, 5) is 0. The second-order valence-corrected chi connectivity index (χ2v) is 4.03. The predicted molar refractivity (Wildman–Crippen MR) is 61.1 cm³/mol. The van der Waals surface area contributed by atoms with E-state index in [4.69, 9.17) is 17.4 Å². The van der Waals surface area contributed by atoms with Crippen LogP contribution in [-0.4, -0.2) is 6.04 Å². The van der Waals surface area contributed by atoms with Crippen LogP contribution >= 0.6 is 11.6 Å². The third-order valence-corrected chi connectivity index (χ3v) is 2.58. The van der Waals surface area contributed by atoms with Crippen molar-refractivity contribution in [3.8, 4) is 0 Å². The lowest BCUT2D eigenvalue weighted by molar-refractivity contribution is 0.475. The van der Waals surface area contributed by atoms with Gasteiger partial charge in [-0.2, -0.15) is 0 Å². The molecule has 0 spiro atoms. The number of benzene rings is 1. The number of nitrogens with one attached hydrogen (secondary N) is 1. The summed E-state index contributed by atoms with van der Waals surface area (Å²) in [5.74, 6) is 5.16. The van der Waals surface area contributed by atoms with Crippen molar-refractivity contribution in [1.29, 1.82) is 0 Å². The number of hydrazine groups is 1. The molecule has 1 aromatic rings. The van der Waals surface area contributed by atoms with Crippen molar-refractivity contribution in [2.24, 2.45) is 5.84 Å². The molecule has 0 saturated carbocycles. The zero-order valence-electron chi connectivity index (χ0n) is 8.76. The Labute approximate surface area is 94.6 Å². The van der Waals surface area contributed by atoms with Crippen LogP contribution in [0.15, 0.2) is 18.2 Å². The number of halogens is 2. The highest BCUT2D eigenvalue weighted by molar-refractivity contribution is 6.30. The Morgan fingerprint density at radius 3 is 2.87 bits per heavy atom. The molecule has 1 rings (SSSR count). The Morgan fingerprint density at radius 2 is 2.27 bits per heavy atom. The Kier molecular flexibility index (Phi) is 5.02.